The molecule has 0 saturated heterocycles. The fourth-order valence-corrected chi connectivity index (χ4v) is 10.9. The van der Waals surface area contributed by atoms with Gasteiger partial charge in [0, 0.05) is 17.9 Å². The quantitative estimate of drug-likeness (QED) is 0.0204. The monoisotopic (exact) mass is 1110 g/mol. The molecule has 0 atom stereocenters. The molecule has 0 N–H and O–H groups in total. The lowest BCUT2D eigenvalue weighted by Crippen LogP contribution is -2.30. The molecule has 0 bridgehead atoms. The van der Waals surface area contributed by atoms with Gasteiger partial charge >= 0.3 is 35.8 Å². The third-order valence-electron chi connectivity index (χ3n) is 14.5. The SMILES string of the molecule is C=CC(=O)OCCCCCCOc1ccc(OC(=O)C2CCC(C(=O)Oc3ccc(OC(=O)C4CCC(C(=O)Oc5ccc(OCCCCCCOC(=O)CC)cc5)CC4)c4nc(-c5cc6c(C)cc(C)cc6o5)sc34)CC2)cc1. The van der Waals surface area contributed by atoms with E-state index in [4.69, 9.17) is 47.3 Å². The van der Waals surface area contributed by atoms with Crippen LogP contribution in [0.5, 0.6) is 34.5 Å². The molecule has 2 saturated carbocycles. The van der Waals surface area contributed by atoms with Gasteiger partial charge in [-0.2, -0.15) is 0 Å². The summed E-state index contributed by atoms with van der Waals surface area (Å²) >= 11 is 1.27. The van der Waals surface area contributed by atoms with Crippen LogP contribution in [0.2, 0.25) is 0 Å². The molecular formula is C63H71NO15S. The van der Waals surface area contributed by atoms with Gasteiger partial charge in [-0.15, -0.1) is 11.3 Å². The summed E-state index contributed by atoms with van der Waals surface area (Å²) in [5.41, 5.74) is 3.17. The first-order valence-electron chi connectivity index (χ1n) is 28.1. The zero-order valence-corrected chi connectivity index (χ0v) is 46.7. The van der Waals surface area contributed by atoms with Gasteiger partial charge in [0.05, 0.1) is 50.1 Å². The van der Waals surface area contributed by atoms with Gasteiger partial charge in [0.25, 0.3) is 0 Å². The summed E-state index contributed by atoms with van der Waals surface area (Å²) in [6.07, 6.45) is 12.2. The first-order valence-corrected chi connectivity index (χ1v) is 28.9. The number of carbonyl (C=O) groups is 6. The van der Waals surface area contributed by atoms with Crippen molar-refractivity contribution in [3.8, 4) is 45.3 Å². The average Bonchev–Trinajstić information content (AvgIpc) is 4.27. The zero-order chi connectivity index (χ0) is 56.4. The van der Waals surface area contributed by atoms with Crippen molar-refractivity contribution in [1.29, 1.82) is 0 Å². The summed E-state index contributed by atoms with van der Waals surface area (Å²) < 4.78 is 52.3. The molecule has 2 aliphatic rings. The van der Waals surface area contributed by atoms with Crippen LogP contribution in [-0.2, 0) is 38.2 Å². The van der Waals surface area contributed by atoms with Gasteiger partial charge in [-0.3, -0.25) is 24.0 Å². The number of carbonyl (C=O) groups excluding carboxylic acids is 6. The van der Waals surface area contributed by atoms with Gasteiger partial charge < -0.3 is 42.3 Å². The van der Waals surface area contributed by atoms with Crippen LogP contribution in [0.3, 0.4) is 0 Å². The van der Waals surface area contributed by atoms with Crippen molar-refractivity contribution in [2.75, 3.05) is 26.4 Å². The van der Waals surface area contributed by atoms with Crippen LogP contribution in [0.1, 0.15) is 127 Å². The number of aryl methyl sites for hydroxylation is 2. The molecular weight excluding hydrogens is 1040 g/mol. The summed E-state index contributed by atoms with van der Waals surface area (Å²) in [7, 11) is 0. The summed E-state index contributed by atoms with van der Waals surface area (Å²) in [6.45, 7) is 11.1. The van der Waals surface area contributed by atoms with Gasteiger partial charge in [0.2, 0.25) is 0 Å². The molecule has 17 heteroatoms. The zero-order valence-electron chi connectivity index (χ0n) is 45.9. The molecule has 2 aromatic heterocycles. The van der Waals surface area contributed by atoms with E-state index in [2.05, 4.69) is 12.6 Å². The normalized spacial score (nSPS) is 17.0. The van der Waals surface area contributed by atoms with E-state index in [9.17, 15) is 28.8 Å². The molecule has 2 fully saturated rings. The van der Waals surface area contributed by atoms with Gasteiger partial charge in [-0.05, 0) is 201 Å². The minimum atomic E-state index is -0.462. The Hall–Kier alpha value is -7.53. The molecule has 0 radical (unpaired) electrons. The highest BCUT2D eigenvalue weighted by atomic mass is 32.1. The highest BCUT2D eigenvalue weighted by Gasteiger charge is 2.35. The topological polar surface area (TPSA) is 202 Å². The number of ether oxygens (including phenoxy) is 8. The Morgan fingerprint density at radius 1 is 0.562 bits per heavy atom. The van der Waals surface area contributed by atoms with E-state index in [0.717, 1.165) is 74.0 Å². The van der Waals surface area contributed by atoms with Gasteiger partial charge in [-0.1, -0.05) is 19.6 Å². The Labute approximate surface area is 470 Å². The predicted octanol–water partition coefficient (Wildman–Crippen LogP) is 13.5. The Bertz CT molecular complexity index is 3090. The summed E-state index contributed by atoms with van der Waals surface area (Å²) in [5, 5.41) is 1.46. The number of rotatable bonds is 27. The molecule has 16 nitrogen and oxygen atoms in total. The number of furan rings is 1. The number of benzene rings is 4. The van der Waals surface area contributed by atoms with Crippen LogP contribution in [0.4, 0.5) is 0 Å². The summed E-state index contributed by atoms with van der Waals surface area (Å²) in [4.78, 5) is 81.6. The van der Waals surface area contributed by atoms with Crippen molar-refractivity contribution in [2.45, 2.75) is 130 Å². The van der Waals surface area contributed by atoms with Gasteiger partial charge in [0.15, 0.2) is 22.3 Å². The number of nitrogens with zero attached hydrogens (tertiary/aromatic N) is 1. The van der Waals surface area contributed by atoms with E-state index >= 15 is 0 Å². The van der Waals surface area contributed by atoms with Crippen LogP contribution in [0, 0.1) is 37.5 Å². The first kappa shape index (κ1) is 58.6. The average molecular weight is 1110 g/mol. The molecule has 0 aliphatic heterocycles. The molecule has 4 aromatic carbocycles. The maximum Gasteiger partial charge on any atom is 0.330 e. The Morgan fingerprint density at radius 3 is 1.51 bits per heavy atom. The minimum absolute atomic E-state index is 0.178. The number of unbranched alkanes of at least 4 members (excludes halogenated alkanes) is 6. The van der Waals surface area contributed by atoms with Gasteiger partial charge in [-0.25, -0.2) is 9.78 Å². The van der Waals surface area contributed by atoms with Crippen LogP contribution < -0.4 is 28.4 Å². The van der Waals surface area contributed by atoms with E-state index in [1.165, 1.54) is 11.3 Å². The highest BCUT2D eigenvalue weighted by Crippen LogP contribution is 2.44. The number of fused-ring (bicyclic) bond motifs is 2. The molecule has 2 aliphatic carbocycles. The molecule has 6 aromatic rings. The number of hydrogen-bond donors (Lipinski definition) is 0. The van der Waals surface area contributed by atoms with Gasteiger partial charge in [0.1, 0.15) is 38.8 Å². The van der Waals surface area contributed by atoms with E-state index in [-0.39, 0.29) is 41.2 Å². The van der Waals surface area contributed by atoms with Crippen molar-refractivity contribution in [2.24, 2.45) is 23.7 Å². The van der Waals surface area contributed by atoms with Crippen molar-refractivity contribution in [1.82, 2.24) is 4.98 Å². The second-order valence-electron chi connectivity index (χ2n) is 20.6. The standard InChI is InChI=1S/C63H71NO15S/c1-5-55(65)73-35-13-9-7-11-33-71-46-23-27-48(28-24-46)75-60(67)42-15-19-44(20-16-42)62(69)78-51-31-32-52(58-57(51)64-59(80-58)54-39-50-41(4)37-40(3)38-53(50)77-54)79-63(70)45-21-17-43(18-22-45)61(68)76-49-29-25-47(26-30-49)72-34-12-8-10-14-36-74-56(66)6-2/h6,23-32,37-39,42-45H,2,5,7-22,33-36H2,1,3-4H3. The largest absolute Gasteiger partial charge is 0.494 e. The lowest BCUT2D eigenvalue weighted by Gasteiger charge is -2.26. The molecule has 80 heavy (non-hydrogen) atoms. The number of esters is 6. The molecule has 0 spiro atoms. The molecule has 8 rings (SSSR count). The van der Waals surface area contributed by atoms with Crippen LogP contribution in [0.15, 0.2) is 95.9 Å². The Balaban J connectivity index is 0.820. The number of thiazole rings is 1. The lowest BCUT2D eigenvalue weighted by molar-refractivity contribution is -0.145. The van der Waals surface area contributed by atoms with Crippen LogP contribution in [-0.4, -0.2) is 67.2 Å². The predicted molar refractivity (Wildman–Crippen MR) is 301 cm³/mol. The summed E-state index contributed by atoms with van der Waals surface area (Å²) in [5.74, 6) is -0.672. The van der Waals surface area contributed by atoms with Crippen LogP contribution in [0.25, 0.3) is 32.0 Å². The second kappa shape index (κ2) is 29.1. The molecule has 0 unspecified atom stereocenters. The van der Waals surface area contributed by atoms with Crippen molar-refractivity contribution in [3.63, 3.8) is 0 Å². The Morgan fingerprint density at radius 2 is 1.01 bits per heavy atom. The van der Waals surface area contributed by atoms with Crippen LogP contribution >= 0.6 is 11.3 Å². The fourth-order valence-electron chi connectivity index (χ4n) is 9.96. The molecule has 2 heterocycles. The van der Waals surface area contributed by atoms with Crippen molar-refractivity contribution < 1.29 is 71.1 Å². The maximum absolute atomic E-state index is 13.9. The van der Waals surface area contributed by atoms with E-state index in [1.807, 2.05) is 26.0 Å². The van der Waals surface area contributed by atoms with E-state index < -0.39 is 29.7 Å². The highest BCUT2D eigenvalue weighted by molar-refractivity contribution is 7.22. The lowest BCUT2D eigenvalue weighted by atomic mass is 9.82. The smallest absolute Gasteiger partial charge is 0.330 e. The molecule has 0 amide bonds. The number of aromatic nitrogens is 1. The van der Waals surface area contributed by atoms with E-state index in [1.54, 1.807) is 67.6 Å². The first-order chi connectivity index (χ1) is 38.8. The summed E-state index contributed by atoms with van der Waals surface area (Å²) in [6, 6.07) is 23.1. The molecule has 424 valence electrons. The second-order valence-corrected chi connectivity index (χ2v) is 21.6. The minimum Gasteiger partial charge on any atom is -0.494 e. The maximum atomic E-state index is 13.9. The third-order valence-corrected chi connectivity index (χ3v) is 15.6. The third kappa shape index (κ3) is 16.5. The van der Waals surface area contributed by atoms with E-state index in [0.29, 0.717) is 134 Å². The van der Waals surface area contributed by atoms with Crippen molar-refractivity contribution >= 4 is 68.3 Å². The van der Waals surface area contributed by atoms with Crippen molar-refractivity contribution in [3.05, 3.63) is 103 Å². The fraction of sp³-hybridized carbons (Fsp3) is 0.444. The number of hydrogen-bond acceptors (Lipinski definition) is 17. The Kier molecular flexibility index (Phi) is 21.3.